The molecule has 1 unspecified atom stereocenters. The topological polar surface area (TPSA) is 35.5 Å². The molecule has 0 saturated heterocycles. The molecule has 1 saturated carbocycles. The summed E-state index contributed by atoms with van der Waals surface area (Å²) in [7, 11) is 0. The summed E-state index contributed by atoms with van der Waals surface area (Å²) < 4.78 is 9.59. The summed E-state index contributed by atoms with van der Waals surface area (Å²) in [6, 6.07) is 7.67. The smallest absolute Gasteiger partial charge is 0.315 e. The summed E-state index contributed by atoms with van der Waals surface area (Å²) in [5, 5.41) is 0. The Bertz CT molecular complexity index is 470. The standard InChI is InChI=1S/C14H16Cl2O3/c1-10-3-5-11(6-4-10)18-7-8-19-12(17)13(2)9-14(13,15)16/h3-6H,7-9H2,1-2H3. The first-order valence-corrected chi connectivity index (χ1v) is 6.85. The second kappa shape index (κ2) is 5.22. The van der Waals surface area contributed by atoms with E-state index < -0.39 is 9.75 Å². The lowest BCUT2D eigenvalue weighted by Gasteiger charge is -2.12. The number of esters is 1. The van der Waals surface area contributed by atoms with Gasteiger partial charge in [0.15, 0.2) is 0 Å². The molecule has 0 spiro atoms. The van der Waals surface area contributed by atoms with Crippen molar-refractivity contribution in [3.63, 3.8) is 0 Å². The fraction of sp³-hybridized carbons (Fsp3) is 0.500. The predicted octanol–water partition coefficient (Wildman–Crippen LogP) is 3.50. The van der Waals surface area contributed by atoms with Gasteiger partial charge in [-0.25, -0.2) is 0 Å². The van der Waals surface area contributed by atoms with Crippen LogP contribution < -0.4 is 4.74 Å². The highest BCUT2D eigenvalue weighted by molar-refractivity contribution is 6.53. The molecule has 1 fully saturated rings. The Hall–Kier alpha value is -0.930. The number of halogens is 2. The summed E-state index contributed by atoms with van der Waals surface area (Å²) in [5.74, 6) is 0.383. The van der Waals surface area contributed by atoms with Gasteiger partial charge in [0.05, 0.1) is 0 Å². The average molecular weight is 303 g/mol. The highest BCUT2D eigenvalue weighted by Gasteiger charge is 2.69. The highest BCUT2D eigenvalue weighted by atomic mass is 35.5. The van der Waals surface area contributed by atoms with Gasteiger partial charge in [-0.2, -0.15) is 0 Å². The molecule has 1 aliphatic rings. The maximum atomic E-state index is 11.8. The lowest BCUT2D eigenvalue weighted by Crippen LogP contribution is -2.23. The molecule has 1 aromatic rings. The van der Waals surface area contributed by atoms with E-state index in [9.17, 15) is 4.79 Å². The predicted molar refractivity (Wildman–Crippen MR) is 74.8 cm³/mol. The number of carbonyl (C=O) groups is 1. The molecule has 0 radical (unpaired) electrons. The molecule has 1 atom stereocenters. The Morgan fingerprint density at radius 2 is 1.84 bits per heavy atom. The van der Waals surface area contributed by atoms with Crippen LogP contribution in [-0.2, 0) is 9.53 Å². The third-order valence-corrected chi connectivity index (χ3v) is 4.42. The monoisotopic (exact) mass is 302 g/mol. The van der Waals surface area contributed by atoms with Crippen molar-refractivity contribution in [2.75, 3.05) is 13.2 Å². The van der Waals surface area contributed by atoms with Crippen LogP contribution in [0.15, 0.2) is 24.3 Å². The maximum Gasteiger partial charge on any atom is 0.315 e. The molecule has 3 nitrogen and oxygen atoms in total. The van der Waals surface area contributed by atoms with Crippen LogP contribution in [0.1, 0.15) is 18.9 Å². The molecule has 1 aliphatic carbocycles. The zero-order valence-electron chi connectivity index (χ0n) is 10.9. The fourth-order valence-corrected chi connectivity index (χ4v) is 2.40. The molecule has 0 aromatic heterocycles. The van der Waals surface area contributed by atoms with Crippen LogP contribution in [0.4, 0.5) is 0 Å². The zero-order valence-corrected chi connectivity index (χ0v) is 12.4. The number of ether oxygens (including phenoxy) is 2. The van der Waals surface area contributed by atoms with Crippen molar-refractivity contribution >= 4 is 29.2 Å². The van der Waals surface area contributed by atoms with Crippen molar-refractivity contribution < 1.29 is 14.3 Å². The Morgan fingerprint density at radius 1 is 1.26 bits per heavy atom. The lowest BCUT2D eigenvalue weighted by atomic mass is 10.1. The van der Waals surface area contributed by atoms with Crippen LogP contribution in [0.25, 0.3) is 0 Å². The van der Waals surface area contributed by atoms with E-state index in [1.165, 1.54) is 5.56 Å². The van der Waals surface area contributed by atoms with Crippen LogP contribution in [0, 0.1) is 12.3 Å². The number of hydrogen-bond donors (Lipinski definition) is 0. The molecule has 5 heteroatoms. The molecule has 0 amide bonds. The minimum atomic E-state index is -0.984. The Morgan fingerprint density at radius 3 is 2.37 bits per heavy atom. The normalized spacial score (nSPS) is 23.8. The van der Waals surface area contributed by atoms with Gasteiger partial charge >= 0.3 is 5.97 Å². The molecule has 104 valence electrons. The van der Waals surface area contributed by atoms with Crippen LogP contribution in [0.3, 0.4) is 0 Å². The summed E-state index contributed by atoms with van der Waals surface area (Å²) in [5.41, 5.74) is 0.390. The lowest BCUT2D eigenvalue weighted by molar-refractivity contribution is -0.150. The van der Waals surface area contributed by atoms with Crippen molar-refractivity contribution in [2.45, 2.75) is 24.6 Å². The van der Waals surface area contributed by atoms with Crippen LogP contribution in [0.5, 0.6) is 5.75 Å². The van der Waals surface area contributed by atoms with Gasteiger partial charge in [0, 0.05) is 6.42 Å². The van der Waals surface area contributed by atoms with E-state index in [1.807, 2.05) is 31.2 Å². The van der Waals surface area contributed by atoms with Gasteiger partial charge in [-0.3, -0.25) is 4.79 Å². The first-order valence-electron chi connectivity index (χ1n) is 6.10. The van der Waals surface area contributed by atoms with Gasteiger partial charge in [-0.1, -0.05) is 17.7 Å². The quantitative estimate of drug-likeness (QED) is 0.474. The molecule has 0 bridgehead atoms. The summed E-state index contributed by atoms with van der Waals surface area (Å²) in [6.45, 7) is 4.21. The van der Waals surface area contributed by atoms with Gasteiger partial charge in [-0.15, -0.1) is 23.2 Å². The Labute approximate surface area is 122 Å². The van der Waals surface area contributed by atoms with Gasteiger partial charge in [0.1, 0.15) is 28.7 Å². The third-order valence-electron chi connectivity index (χ3n) is 3.31. The largest absolute Gasteiger partial charge is 0.490 e. The van der Waals surface area contributed by atoms with Crippen molar-refractivity contribution in [1.29, 1.82) is 0 Å². The number of carbonyl (C=O) groups excluding carboxylic acids is 1. The van der Waals surface area contributed by atoms with E-state index in [0.29, 0.717) is 13.0 Å². The van der Waals surface area contributed by atoms with Crippen molar-refractivity contribution in [3.8, 4) is 5.75 Å². The van der Waals surface area contributed by atoms with Gasteiger partial charge in [0.2, 0.25) is 0 Å². The maximum absolute atomic E-state index is 11.8. The van der Waals surface area contributed by atoms with E-state index in [-0.39, 0.29) is 12.6 Å². The van der Waals surface area contributed by atoms with Gasteiger partial charge in [-0.05, 0) is 26.0 Å². The number of hydrogen-bond acceptors (Lipinski definition) is 3. The molecule has 0 N–H and O–H groups in total. The Kier molecular flexibility index (Phi) is 3.98. The van der Waals surface area contributed by atoms with E-state index >= 15 is 0 Å². The highest BCUT2D eigenvalue weighted by Crippen LogP contribution is 2.64. The first-order chi connectivity index (χ1) is 8.85. The van der Waals surface area contributed by atoms with Gasteiger partial charge in [0.25, 0.3) is 0 Å². The van der Waals surface area contributed by atoms with E-state index in [2.05, 4.69) is 0 Å². The molecule has 0 aliphatic heterocycles. The summed E-state index contributed by atoms with van der Waals surface area (Å²) >= 11 is 11.8. The zero-order chi connectivity index (χ0) is 14.1. The van der Waals surface area contributed by atoms with Crippen LogP contribution in [0.2, 0.25) is 0 Å². The molecule has 1 aromatic carbocycles. The second-order valence-corrected chi connectivity index (χ2v) is 6.49. The minimum Gasteiger partial charge on any atom is -0.490 e. The summed E-state index contributed by atoms with van der Waals surface area (Å²) in [4.78, 5) is 11.8. The number of alkyl halides is 2. The van der Waals surface area contributed by atoms with E-state index in [0.717, 1.165) is 5.75 Å². The van der Waals surface area contributed by atoms with Crippen LogP contribution in [-0.4, -0.2) is 23.5 Å². The number of benzene rings is 1. The molecule has 2 rings (SSSR count). The number of rotatable bonds is 5. The minimum absolute atomic E-state index is 0.187. The molecule has 0 heterocycles. The van der Waals surface area contributed by atoms with E-state index in [1.54, 1.807) is 6.92 Å². The molecule has 19 heavy (non-hydrogen) atoms. The second-order valence-electron chi connectivity index (χ2n) is 5.01. The summed E-state index contributed by atoms with van der Waals surface area (Å²) in [6.07, 6.45) is 0.431. The SMILES string of the molecule is Cc1ccc(OCCOC(=O)C2(C)CC2(Cl)Cl)cc1. The van der Waals surface area contributed by atoms with Crippen molar-refractivity contribution in [3.05, 3.63) is 29.8 Å². The number of aryl methyl sites for hydroxylation is 1. The van der Waals surface area contributed by atoms with Crippen molar-refractivity contribution in [1.82, 2.24) is 0 Å². The first kappa shape index (κ1) is 14.5. The Balaban J connectivity index is 1.70. The van der Waals surface area contributed by atoms with Crippen molar-refractivity contribution in [2.24, 2.45) is 5.41 Å². The molecular weight excluding hydrogens is 287 g/mol. The molecular formula is C14H16Cl2O3. The van der Waals surface area contributed by atoms with E-state index in [4.69, 9.17) is 32.7 Å². The average Bonchev–Trinajstić information content (AvgIpc) is 2.87. The third kappa shape index (κ3) is 3.15. The van der Waals surface area contributed by atoms with Crippen LogP contribution >= 0.6 is 23.2 Å². The van der Waals surface area contributed by atoms with Gasteiger partial charge < -0.3 is 9.47 Å². The fourth-order valence-electron chi connectivity index (χ4n) is 1.71.